The van der Waals surface area contributed by atoms with Gasteiger partial charge in [0.25, 0.3) is 0 Å². The minimum absolute atomic E-state index is 0.329. The van der Waals surface area contributed by atoms with Gasteiger partial charge in [-0.1, -0.05) is 5.98 Å². The van der Waals surface area contributed by atoms with Crippen molar-refractivity contribution in [2.24, 2.45) is 0 Å². The quantitative estimate of drug-likeness (QED) is 0.793. The zero-order valence-corrected chi connectivity index (χ0v) is 12.7. The number of pyridine rings is 1. The largest absolute Gasteiger partial charge is 0.487 e. The molecule has 3 rings (SSSR count). The van der Waals surface area contributed by atoms with Crippen LogP contribution in [-0.2, 0) is 9.31 Å². The van der Waals surface area contributed by atoms with Gasteiger partial charge in [-0.25, -0.2) is 9.97 Å². The molecule has 6 heteroatoms. The van der Waals surface area contributed by atoms with Crippen LogP contribution in [0.25, 0.3) is 17.2 Å². The van der Waals surface area contributed by atoms with E-state index in [0.717, 1.165) is 11.2 Å². The van der Waals surface area contributed by atoms with Gasteiger partial charge < -0.3 is 9.31 Å². The van der Waals surface area contributed by atoms with E-state index in [1.807, 2.05) is 51.9 Å². The molecule has 5 nitrogen and oxygen atoms in total. The van der Waals surface area contributed by atoms with Gasteiger partial charge in [-0.05, 0) is 45.9 Å². The summed E-state index contributed by atoms with van der Waals surface area (Å²) in [7, 11) is -0.366. The third-order valence-corrected chi connectivity index (χ3v) is 4.05. The lowest BCUT2D eigenvalue weighted by Crippen LogP contribution is -2.41. The Balaban J connectivity index is 1.79. The monoisotopic (exact) mass is 283 g/mol. The van der Waals surface area contributed by atoms with E-state index in [1.165, 1.54) is 0 Å². The highest BCUT2D eigenvalue weighted by atomic mass is 16.7. The summed E-state index contributed by atoms with van der Waals surface area (Å²) in [4.78, 5) is 12.8. The summed E-state index contributed by atoms with van der Waals surface area (Å²) >= 11 is 0. The van der Waals surface area contributed by atoms with Crippen molar-refractivity contribution in [2.45, 2.75) is 38.9 Å². The van der Waals surface area contributed by atoms with Crippen molar-refractivity contribution in [1.82, 2.24) is 15.0 Å². The SMILES string of the molecule is CC1(C)OB(/C=C/c2ccc3nccnc3n2)OC1(C)C. The van der Waals surface area contributed by atoms with E-state index in [9.17, 15) is 0 Å². The lowest BCUT2D eigenvalue weighted by Gasteiger charge is -2.32. The molecule has 0 amide bonds. The summed E-state index contributed by atoms with van der Waals surface area (Å²) in [5, 5.41) is 0. The molecule has 0 saturated carbocycles. The molecule has 0 N–H and O–H groups in total. The molecule has 0 aliphatic carbocycles. The number of aromatic nitrogens is 3. The van der Waals surface area contributed by atoms with E-state index in [2.05, 4.69) is 15.0 Å². The van der Waals surface area contributed by atoms with Gasteiger partial charge in [0.05, 0.1) is 16.9 Å². The third kappa shape index (κ3) is 2.69. The smallest absolute Gasteiger partial charge is 0.400 e. The minimum atomic E-state index is -0.366. The molecule has 1 saturated heterocycles. The molecule has 0 aromatic carbocycles. The normalized spacial score (nSPS) is 20.5. The van der Waals surface area contributed by atoms with E-state index in [4.69, 9.17) is 9.31 Å². The van der Waals surface area contributed by atoms with Crippen molar-refractivity contribution in [3.63, 3.8) is 0 Å². The summed E-state index contributed by atoms with van der Waals surface area (Å²) < 4.78 is 11.8. The van der Waals surface area contributed by atoms with Gasteiger partial charge in [0, 0.05) is 12.4 Å². The van der Waals surface area contributed by atoms with Crippen molar-refractivity contribution < 1.29 is 9.31 Å². The predicted molar refractivity (Wildman–Crippen MR) is 82.4 cm³/mol. The second kappa shape index (κ2) is 4.89. The number of fused-ring (bicyclic) bond motifs is 1. The molecule has 0 unspecified atom stereocenters. The van der Waals surface area contributed by atoms with Crippen LogP contribution in [0.3, 0.4) is 0 Å². The van der Waals surface area contributed by atoms with Crippen LogP contribution in [-0.4, -0.2) is 33.3 Å². The molecule has 0 atom stereocenters. The van der Waals surface area contributed by atoms with Gasteiger partial charge in [0.1, 0.15) is 5.52 Å². The molecule has 1 aliphatic rings. The van der Waals surface area contributed by atoms with Crippen LogP contribution in [0.1, 0.15) is 33.4 Å². The zero-order chi connectivity index (χ0) is 15.1. The Kier molecular flexibility index (Phi) is 3.30. The fourth-order valence-electron chi connectivity index (χ4n) is 2.11. The summed E-state index contributed by atoms with van der Waals surface area (Å²) in [5.41, 5.74) is 1.56. The van der Waals surface area contributed by atoms with Crippen molar-refractivity contribution in [2.75, 3.05) is 0 Å². The highest BCUT2D eigenvalue weighted by Gasteiger charge is 2.49. The number of rotatable bonds is 2. The maximum absolute atomic E-state index is 5.91. The van der Waals surface area contributed by atoms with Crippen molar-refractivity contribution in [3.8, 4) is 0 Å². The van der Waals surface area contributed by atoms with Gasteiger partial charge in [-0.3, -0.25) is 4.98 Å². The molecule has 0 spiro atoms. The highest BCUT2D eigenvalue weighted by Crippen LogP contribution is 2.36. The van der Waals surface area contributed by atoms with Gasteiger partial charge in [0.15, 0.2) is 5.65 Å². The lowest BCUT2D eigenvalue weighted by molar-refractivity contribution is 0.00578. The lowest BCUT2D eigenvalue weighted by atomic mass is 9.89. The van der Waals surface area contributed by atoms with Gasteiger partial charge in [-0.2, -0.15) is 0 Å². The minimum Gasteiger partial charge on any atom is -0.400 e. The van der Waals surface area contributed by atoms with Crippen LogP contribution in [0, 0.1) is 0 Å². The Morgan fingerprint density at radius 2 is 1.67 bits per heavy atom. The van der Waals surface area contributed by atoms with Crippen molar-refractivity contribution >= 4 is 24.4 Å². The summed E-state index contributed by atoms with van der Waals surface area (Å²) in [6, 6.07) is 3.80. The van der Waals surface area contributed by atoms with E-state index in [1.54, 1.807) is 12.4 Å². The Labute approximate surface area is 124 Å². The first-order valence-corrected chi connectivity index (χ1v) is 6.99. The first-order chi connectivity index (χ1) is 9.87. The third-order valence-electron chi connectivity index (χ3n) is 4.05. The van der Waals surface area contributed by atoms with Crippen molar-refractivity contribution in [1.29, 1.82) is 0 Å². The standard InChI is InChI=1S/C15H18BN3O2/c1-14(2)15(3,4)21-16(20-14)8-7-11-5-6-12-13(19-11)18-10-9-17-12/h5-10H,1-4H3/b8-7+. The summed E-state index contributed by atoms with van der Waals surface area (Å²) in [5.74, 6) is 1.88. The van der Waals surface area contributed by atoms with Crippen LogP contribution < -0.4 is 0 Å². The highest BCUT2D eigenvalue weighted by molar-refractivity contribution is 6.52. The molecule has 21 heavy (non-hydrogen) atoms. The van der Waals surface area contributed by atoms with Crippen LogP contribution in [0.2, 0.25) is 0 Å². The summed E-state index contributed by atoms with van der Waals surface area (Å²) in [6.07, 6.45) is 5.18. The molecule has 2 aromatic rings. The molecule has 0 bridgehead atoms. The molecule has 108 valence electrons. The van der Waals surface area contributed by atoms with Crippen LogP contribution in [0.15, 0.2) is 30.5 Å². The molecular formula is C15H18BN3O2. The number of nitrogens with zero attached hydrogens (tertiary/aromatic N) is 3. The second-order valence-electron chi connectivity index (χ2n) is 6.12. The Morgan fingerprint density at radius 1 is 1.00 bits per heavy atom. The second-order valence-corrected chi connectivity index (χ2v) is 6.12. The molecular weight excluding hydrogens is 265 g/mol. The first kappa shape index (κ1) is 14.2. The van der Waals surface area contributed by atoms with Gasteiger partial charge in [-0.15, -0.1) is 0 Å². The fourth-order valence-corrected chi connectivity index (χ4v) is 2.11. The zero-order valence-electron chi connectivity index (χ0n) is 12.7. The van der Waals surface area contributed by atoms with E-state index < -0.39 is 0 Å². The molecule has 2 aromatic heterocycles. The number of hydrogen-bond acceptors (Lipinski definition) is 5. The van der Waals surface area contributed by atoms with E-state index in [-0.39, 0.29) is 18.3 Å². The first-order valence-electron chi connectivity index (χ1n) is 6.99. The average molecular weight is 283 g/mol. The van der Waals surface area contributed by atoms with Gasteiger partial charge in [0.2, 0.25) is 0 Å². The molecule has 3 heterocycles. The Hall–Kier alpha value is -1.79. The molecule has 0 radical (unpaired) electrons. The van der Waals surface area contributed by atoms with Crippen LogP contribution in [0.5, 0.6) is 0 Å². The maximum Gasteiger partial charge on any atom is 0.487 e. The Bertz CT molecular complexity index is 684. The van der Waals surface area contributed by atoms with Crippen molar-refractivity contribution in [3.05, 3.63) is 36.2 Å². The average Bonchev–Trinajstić information content (AvgIpc) is 2.64. The van der Waals surface area contributed by atoms with E-state index >= 15 is 0 Å². The predicted octanol–water partition coefficient (Wildman–Crippen LogP) is 2.67. The molecule has 1 aliphatic heterocycles. The van der Waals surface area contributed by atoms with E-state index in [0.29, 0.717) is 5.65 Å². The maximum atomic E-state index is 5.91. The Morgan fingerprint density at radius 3 is 2.38 bits per heavy atom. The summed E-state index contributed by atoms with van der Waals surface area (Å²) in [6.45, 7) is 8.13. The fraction of sp³-hybridized carbons (Fsp3) is 0.400. The van der Waals surface area contributed by atoms with Crippen LogP contribution >= 0.6 is 0 Å². The molecule has 1 fully saturated rings. The topological polar surface area (TPSA) is 57.1 Å². The number of hydrogen-bond donors (Lipinski definition) is 0. The van der Waals surface area contributed by atoms with Gasteiger partial charge >= 0.3 is 7.12 Å². The van der Waals surface area contributed by atoms with Crippen LogP contribution in [0.4, 0.5) is 0 Å².